The largest absolute Gasteiger partial charge is 0.481 e. The number of benzene rings is 2. The van der Waals surface area contributed by atoms with E-state index in [1.807, 2.05) is 37.3 Å². The van der Waals surface area contributed by atoms with Gasteiger partial charge in [-0.15, -0.1) is 0 Å². The lowest BCUT2D eigenvalue weighted by Crippen LogP contribution is -2.57. The maximum Gasteiger partial charge on any atom is 0.308 e. The van der Waals surface area contributed by atoms with Crippen LogP contribution in [0.4, 0.5) is 5.69 Å². The van der Waals surface area contributed by atoms with Gasteiger partial charge in [-0.25, -0.2) is 4.99 Å². The monoisotopic (exact) mass is 485 g/mol. The maximum atomic E-state index is 12.3. The number of aliphatic hydroxyl groups is 1. The summed E-state index contributed by atoms with van der Waals surface area (Å²) in [7, 11) is 0. The number of fused-ring (bicyclic) bond motifs is 2. The highest BCUT2D eigenvalue weighted by atomic mass is 35.5. The first kappa shape index (κ1) is 24.5. The van der Waals surface area contributed by atoms with E-state index in [0.717, 1.165) is 11.4 Å². The minimum absolute atomic E-state index is 0.0663. The molecule has 4 rings (SSSR count). The molecule has 0 bridgehead atoms. The van der Waals surface area contributed by atoms with E-state index in [1.54, 1.807) is 26.0 Å². The summed E-state index contributed by atoms with van der Waals surface area (Å²) in [6, 6.07) is 12.9. The Bertz CT molecular complexity index is 1080. The van der Waals surface area contributed by atoms with Crippen LogP contribution in [0.5, 0.6) is 11.5 Å². The van der Waals surface area contributed by atoms with E-state index in [2.05, 4.69) is 10.2 Å². The van der Waals surface area contributed by atoms with Crippen molar-refractivity contribution in [1.29, 1.82) is 0 Å². The second-order valence-corrected chi connectivity index (χ2v) is 10.4. The van der Waals surface area contributed by atoms with Crippen LogP contribution in [0.15, 0.2) is 47.5 Å². The average Bonchev–Trinajstić information content (AvgIpc) is 2.92. The molecule has 3 atom stereocenters. The Morgan fingerprint density at radius 2 is 2.06 bits per heavy atom. The summed E-state index contributed by atoms with van der Waals surface area (Å²) in [5.41, 5.74) is 0.669. The highest BCUT2D eigenvalue weighted by Gasteiger charge is 2.35. The molecule has 182 valence electrons. The molecule has 2 aliphatic rings. The minimum Gasteiger partial charge on any atom is -0.481 e. The number of halogens is 1. The second kappa shape index (κ2) is 9.94. The summed E-state index contributed by atoms with van der Waals surface area (Å²) in [6.45, 7) is 7.33. The van der Waals surface area contributed by atoms with Gasteiger partial charge in [-0.3, -0.25) is 4.79 Å². The number of carbonyl (C=O) groups is 1. The predicted molar refractivity (Wildman–Crippen MR) is 133 cm³/mol. The molecule has 1 saturated heterocycles. The van der Waals surface area contributed by atoms with E-state index >= 15 is 0 Å². The summed E-state index contributed by atoms with van der Waals surface area (Å²) >= 11 is 6.24. The predicted octanol–water partition coefficient (Wildman–Crippen LogP) is 4.69. The van der Waals surface area contributed by atoms with Crippen molar-refractivity contribution in [2.45, 2.75) is 45.3 Å². The highest BCUT2D eigenvalue weighted by molar-refractivity contribution is 6.31. The third-order valence-electron chi connectivity index (χ3n) is 6.31. The molecule has 3 N–H and O–H groups in total. The van der Waals surface area contributed by atoms with E-state index < -0.39 is 17.5 Å². The number of nitrogens with zero attached hydrogens (tertiary/aromatic N) is 2. The molecule has 7 nitrogen and oxygen atoms in total. The molecule has 2 aromatic carbocycles. The number of carboxylic acids is 1. The van der Waals surface area contributed by atoms with Crippen molar-refractivity contribution in [2.75, 3.05) is 19.6 Å². The Hall–Kier alpha value is -2.61. The smallest absolute Gasteiger partial charge is 0.308 e. The molecule has 0 radical (unpaired) electrons. The van der Waals surface area contributed by atoms with Crippen molar-refractivity contribution >= 4 is 29.1 Å². The Kier molecular flexibility index (Phi) is 7.17. The molecular weight excluding hydrogens is 454 g/mol. The topological polar surface area (TPSA) is 94.4 Å². The molecule has 0 unspecified atom stereocenters. The molecular formula is C26H32ClN3O4. The van der Waals surface area contributed by atoms with Crippen LogP contribution in [0.1, 0.15) is 39.2 Å². The normalized spacial score (nSPS) is 19.7. The molecule has 0 saturated carbocycles. The molecule has 2 aliphatic heterocycles. The fourth-order valence-corrected chi connectivity index (χ4v) is 5.15. The average molecular weight is 486 g/mol. The number of piperazine rings is 1. The fraction of sp³-hybridized carbons (Fsp3) is 0.462. The van der Waals surface area contributed by atoms with Crippen molar-refractivity contribution in [3.8, 4) is 11.5 Å². The van der Waals surface area contributed by atoms with Crippen LogP contribution < -0.4 is 10.1 Å². The van der Waals surface area contributed by atoms with E-state index in [9.17, 15) is 15.0 Å². The van der Waals surface area contributed by atoms with Gasteiger partial charge in [-0.05, 0) is 62.9 Å². The van der Waals surface area contributed by atoms with Crippen LogP contribution in [-0.2, 0) is 4.79 Å². The molecule has 0 aliphatic carbocycles. The zero-order chi connectivity index (χ0) is 24.5. The van der Waals surface area contributed by atoms with E-state index in [4.69, 9.17) is 21.3 Å². The van der Waals surface area contributed by atoms with Gasteiger partial charge in [0.25, 0.3) is 0 Å². The van der Waals surface area contributed by atoms with Crippen molar-refractivity contribution < 1.29 is 19.7 Å². The third kappa shape index (κ3) is 5.71. The SMILES string of the molecule is C[C@H](C[C@H](C(=O)O)[C@H]1CN(C2=Nc3cc(Cl)ccc3Oc3ccccc32)CCN1)CC(C)(C)O. The lowest BCUT2D eigenvalue weighted by molar-refractivity contribution is -0.144. The van der Waals surface area contributed by atoms with Crippen molar-refractivity contribution in [2.24, 2.45) is 16.8 Å². The number of ether oxygens (including phenoxy) is 1. The first-order valence-electron chi connectivity index (χ1n) is 11.7. The zero-order valence-corrected chi connectivity index (χ0v) is 20.5. The highest BCUT2D eigenvalue weighted by Crippen LogP contribution is 2.39. The number of nitrogens with one attached hydrogen (secondary N) is 1. The van der Waals surface area contributed by atoms with Crippen LogP contribution in [0, 0.1) is 11.8 Å². The number of aliphatic imine (C=N–C) groups is 1. The van der Waals surface area contributed by atoms with Gasteiger partial charge in [0.15, 0.2) is 5.75 Å². The van der Waals surface area contributed by atoms with Gasteiger partial charge in [0.05, 0.1) is 17.1 Å². The number of amidine groups is 1. The summed E-state index contributed by atoms with van der Waals surface area (Å²) in [6.07, 6.45) is 1.03. The summed E-state index contributed by atoms with van der Waals surface area (Å²) in [4.78, 5) is 19.3. The molecule has 34 heavy (non-hydrogen) atoms. The van der Waals surface area contributed by atoms with E-state index in [0.29, 0.717) is 54.7 Å². The number of hydrogen-bond donors (Lipinski definition) is 3. The number of rotatable bonds is 6. The molecule has 2 aromatic rings. The van der Waals surface area contributed by atoms with Crippen LogP contribution in [0.2, 0.25) is 5.02 Å². The van der Waals surface area contributed by atoms with Crippen LogP contribution >= 0.6 is 11.6 Å². The van der Waals surface area contributed by atoms with Crippen LogP contribution in [0.3, 0.4) is 0 Å². The minimum atomic E-state index is -0.831. The molecule has 0 aromatic heterocycles. The first-order chi connectivity index (χ1) is 16.1. The van der Waals surface area contributed by atoms with Gasteiger partial charge in [-0.2, -0.15) is 0 Å². The van der Waals surface area contributed by atoms with Gasteiger partial charge in [-0.1, -0.05) is 30.7 Å². The van der Waals surface area contributed by atoms with Gasteiger partial charge < -0.3 is 25.2 Å². The van der Waals surface area contributed by atoms with Crippen molar-refractivity contribution in [3.05, 3.63) is 53.1 Å². The van der Waals surface area contributed by atoms with E-state index in [-0.39, 0.29) is 12.0 Å². The maximum absolute atomic E-state index is 12.3. The Morgan fingerprint density at radius 1 is 1.29 bits per heavy atom. The van der Waals surface area contributed by atoms with Gasteiger partial charge in [0, 0.05) is 30.7 Å². The first-order valence-corrected chi connectivity index (χ1v) is 12.1. The number of aliphatic carboxylic acids is 1. The Labute approximate surface area is 205 Å². The fourth-order valence-electron chi connectivity index (χ4n) is 4.99. The van der Waals surface area contributed by atoms with E-state index in [1.165, 1.54) is 0 Å². The quantitative estimate of drug-likeness (QED) is 0.549. The summed E-state index contributed by atoms with van der Waals surface area (Å²) in [5, 5.41) is 24.2. The Morgan fingerprint density at radius 3 is 2.79 bits per heavy atom. The Balaban J connectivity index is 1.63. The summed E-state index contributed by atoms with van der Waals surface area (Å²) in [5.74, 6) is 0.729. The standard InChI is InChI=1S/C26H32ClN3O4/c1-16(14-26(2,3)33)12-19(25(31)32)21-15-30(11-10-28-21)24-18-6-4-5-7-22(18)34-23-9-8-17(27)13-20(23)29-24/h4-9,13,16,19,21,28,33H,10-12,14-15H2,1-3H3,(H,31,32)/t16-,19+,21-/m1/s1. The van der Waals surface area contributed by atoms with Gasteiger partial charge in [0.2, 0.25) is 0 Å². The number of para-hydroxylation sites is 1. The lowest BCUT2D eigenvalue weighted by Gasteiger charge is -2.39. The molecule has 2 heterocycles. The third-order valence-corrected chi connectivity index (χ3v) is 6.54. The van der Waals surface area contributed by atoms with Crippen molar-refractivity contribution in [1.82, 2.24) is 10.2 Å². The number of carboxylic acid groups (broad SMARTS) is 1. The van der Waals surface area contributed by atoms with Gasteiger partial charge in [0.1, 0.15) is 17.3 Å². The van der Waals surface area contributed by atoms with Crippen LogP contribution in [0.25, 0.3) is 0 Å². The lowest BCUT2D eigenvalue weighted by atomic mass is 9.83. The number of hydrogen-bond acceptors (Lipinski definition) is 6. The second-order valence-electron chi connectivity index (χ2n) is 9.95. The van der Waals surface area contributed by atoms with Crippen molar-refractivity contribution in [3.63, 3.8) is 0 Å². The zero-order valence-electron chi connectivity index (χ0n) is 19.8. The summed E-state index contributed by atoms with van der Waals surface area (Å²) < 4.78 is 6.16. The molecule has 0 amide bonds. The molecule has 1 fully saturated rings. The molecule has 8 heteroatoms. The van der Waals surface area contributed by atoms with Crippen LogP contribution in [-0.4, -0.2) is 58.2 Å². The van der Waals surface area contributed by atoms with Gasteiger partial charge >= 0.3 is 5.97 Å². The molecule has 0 spiro atoms.